The van der Waals surface area contributed by atoms with Crippen LogP contribution in [0.4, 0.5) is 11.4 Å². The lowest BCUT2D eigenvalue weighted by molar-refractivity contribution is -0.144. The van der Waals surface area contributed by atoms with E-state index in [1.54, 1.807) is 13.1 Å². The highest BCUT2D eigenvalue weighted by Crippen LogP contribution is 2.44. The first-order valence-electron chi connectivity index (χ1n) is 11.7. The highest BCUT2D eigenvalue weighted by Gasteiger charge is 2.50. The number of carbonyl (C=O) groups is 2. The summed E-state index contributed by atoms with van der Waals surface area (Å²) in [6.07, 6.45) is 4.61. The third kappa shape index (κ3) is 4.34. The number of ketones is 1. The standard InChI is InChI=1S/C27H27ClN2O4/c1-3-34-27(32)21-13-20(21)26(31)25-24(33-2)12-17(14-29-25)30(15-16-8-9-16)23-11-10-22(28)18-6-4-5-7-19(18)23/h4-7,10-12,14,16,20-21H,3,8-9,13,15H2,1-2H3. The van der Waals surface area contributed by atoms with Crippen molar-refractivity contribution in [1.29, 1.82) is 0 Å². The number of carbonyl (C=O) groups excluding carboxylic acids is 2. The SMILES string of the molecule is CCOC(=O)C1CC1C(=O)c1ncc(N(CC2CC2)c2ccc(Cl)c3ccccc23)cc1OC. The molecule has 0 radical (unpaired) electrons. The Morgan fingerprint density at radius 2 is 1.88 bits per heavy atom. The molecule has 2 fully saturated rings. The van der Waals surface area contributed by atoms with Gasteiger partial charge in [-0.15, -0.1) is 0 Å². The Morgan fingerprint density at radius 1 is 1.12 bits per heavy atom. The number of halogens is 1. The van der Waals surface area contributed by atoms with Crippen LogP contribution in [-0.4, -0.2) is 37.0 Å². The van der Waals surface area contributed by atoms with Crippen molar-refractivity contribution >= 4 is 45.5 Å². The molecule has 2 aliphatic rings. The monoisotopic (exact) mass is 478 g/mol. The average molecular weight is 479 g/mol. The Balaban J connectivity index is 1.49. The van der Waals surface area contributed by atoms with E-state index >= 15 is 0 Å². The van der Waals surface area contributed by atoms with E-state index in [0.717, 1.165) is 28.7 Å². The Labute approximate surface area is 203 Å². The van der Waals surface area contributed by atoms with E-state index in [9.17, 15) is 9.59 Å². The van der Waals surface area contributed by atoms with Crippen LogP contribution in [0, 0.1) is 17.8 Å². The summed E-state index contributed by atoms with van der Waals surface area (Å²) in [5.41, 5.74) is 2.15. The van der Waals surface area contributed by atoms with Crippen LogP contribution in [0.2, 0.25) is 5.02 Å². The Bertz CT molecular complexity index is 1260. The Kier molecular flexibility index (Phi) is 6.17. The molecule has 34 heavy (non-hydrogen) atoms. The van der Waals surface area contributed by atoms with Gasteiger partial charge in [0.1, 0.15) is 11.4 Å². The fourth-order valence-electron chi connectivity index (χ4n) is 4.48. The number of methoxy groups -OCH3 is 1. The molecule has 1 heterocycles. The Morgan fingerprint density at radius 3 is 2.59 bits per heavy atom. The van der Waals surface area contributed by atoms with Crippen molar-refractivity contribution in [3.05, 3.63) is 59.4 Å². The summed E-state index contributed by atoms with van der Waals surface area (Å²) in [6.45, 7) is 2.91. The lowest BCUT2D eigenvalue weighted by Crippen LogP contribution is -2.21. The number of hydrogen-bond acceptors (Lipinski definition) is 6. The second kappa shape index (κ2) is 9.26. The molecule has 2 saturated carbocycles. The number of benzene rings is 2. The zero-order valence-corrected chi connectivity index (χ0v) is 20.0. The lowest BCUT2D eigenvalue weighted by Gasteiger charge is -2.27. The minimum atomic E-state index is -0.394. The van der Waals surface area contributed by atoms with Gasteiger partial charge < -0.3 is 14.4 Å². The molecule has 6 nitrogen and oxygen atoms in total. The summed E-state index contributed by atoms with van der Waals surface area (Å²) < 4.78 is 10.7. The van der Waals surface area contributed by atoms with Gasteiger partial charge in [0.2, 0.25) is 0 Å². The van der Waals surface area contributed by atoms with Crippen molar-refractivity contribution in [2.24, 2.45) is 17.8 Å². The number of ether oxygens (including phenoxy) is 2. The molecule has 0 bridgehead atoms. The number of aromatic nitrogens is 1. The first-order valence-corrected chi connectivity index (χ1v) is 12.1. The third-order valence-electron chi connectivity index (χ3n) is 6.60. The maximum absolute atomic E-state index is 13.1. The second-order valence-electron chi connectivity index (χ2n) is 8.98. The molecule has 0 amide bonds. The van der Waals surface area contributed by atoms with Crippen LogP contribution in [0.3, 0.4) is 0 Å². The molecule has 2 aromatic carbocycles. The maximum Gasteiger partial charge on any atom is 0.309 e. The van der Waals surface area contributed by atoms with Crippen molar-refractivity contribution in [3.8, 4) is 5.75 Å². The van der Waals surface area contributed by atoms with Crippen LogP contribution >= 0.6 is 11.6 Å². The summed E-state index contributed by atoms with van der Waals surface area (Å²) in [4.78, 5) is 31.8. The minimum Gasteiger partial charge on any atom is -0.494 e. The molecule has 0 N–H and O–H groups in total. The Hall–Kier alpha value is -3.12. The molecule has 2 aliphatic carbocycles. The number of rotatable bonds is 9. The van der Waals surface area contributed by atoms with Crippen LogP contribution in [0.25, 0.3) is 10.8 Å². The average Bonchev–Trinajstić information content (AvgIpc) is 3.78. The number of nitrogens with zero attached hydrogens (tertiary/aromatic N) is 2. The van der Waals surface area contributed by atoms with Gasteiger partial charge in [0.25, 0.3) is 0 Å². The van der Waals surface area contributed by atoms with Crippen molar-refractivity contribution in [2.75, 3.05) is 25.2 Å². The summed E-state index contributed by atoms with van der Waals surface area (Å²) in [7, 11) is 1.54. The third-order valence-corrected chi connectivity index (χ3v) is 6.93. The number of anilines is 2. The van der Waals surface area contributed by atoms with Gasteiger partial charge in [-0.1, -0.05) is 35.9 Å². The van der Waals surface area contributed by atoms with Gasteiger partial charge >= 0.3 is 5.97 Å². The van der Waals surface area contributed by atoms with Crippen LogP contribution in [0.5, 0.6) is 5.75 Å². The predicted molar refractivity (Wildman–Crippen MR) is 132 cm³/mol. The van der Waals surface area contributed by atoms with Crippen LogP contribution in [0.1, 0.15) is 36.7 Å². The molecule has 2 unspecified atom stereocenters. The number of fused-ring (bicyclic) bond motifs is 1. The van der Waals surface area contributed by atoms with E-state index in [0.29, 0.717) is 29.7 Å². The van der Waals surface area contributed by atoms with E-state index in [-0.39, 0.29) is 23.4 Å². The first kappa shape index (κ1) is 22.7. The summed E-state index contributed by atoms with van der Waals surface area (Å²) >= 11 is 6.47. The van der Waals surface area contributed by atoms with E-state index < -0.39 is 5.92 Å². The molecule has 7 heteroatoms. The van der Waals surface area contributed by atoms with Crippen molar-refractivity contribution in [3.63, 3.8) is 0 Å². The number of esters is 1. The lowest BCUT2D eigenvalue weighted by atomic mass is 10.1. The molecule has 0 aliphatic heterocycles. The summed E-state index contributed by atoms with van der Waals surface area (Å²) in [6, 6.07) is 13.9. The van der Waals surface area contributed by atoms with E-state index in [1.165, 1.54) is 20.0 Å². The summed E-state index contributed by atoms with van der Waals surface area (Å²) in [5, 5.41) is 2.76. The molecule has 0 spiro atoms. The smallest absolute Gasteiger partial charge is 0.309 e. The van der Waals surface area contributed by atoms with Gasteiger partial charge in [0.15, 0.2) is 5.78 Å². The van der Waals surface area contributed by atoms with Crippen molar-refractivity contribution < 1.29 is 19.1 Å². The van der Waals surface area contributed by atoms with Crippen LogP contribution in [0.15, 0.2) is 48.7 Å². The van der Waals surface area contributed by atoms with Gasteiger partial charge in [-0.05, 0) is 44.2 Å². The van der Waals surface area contributed by atoms with E-state index in [4.69, 9.17) is 21.1 Å². The normalized spacial score (nSPS) is 19.0. The van der Waals surface area contributed by atoms with Crippen LogP contribution in [-0.2, 0) is 9.53 Å². The van der Waals surface area contributed by atoms with Gasteiger partial charge in [-0.3, -0.25) is 9.59 Å². The quantitative estimate of drug-likeness (QED) is 0.285. The zero-order valence-electron chi connectivity index (χ0n) is 19.3. The summed E-state index contributed by atoms with van der Waals surface area (Å²) in [5.74, 6) is -0.247. The highest BCUT2D eigenvalue weighted by molar-refractivity contribution is 6.36. The molecule has 5 rings (SSSR count). The molecular formula is C27H27ClN2O4. The minimum absolute atomic E-state index is 0.174. The van der Waals surface area contributed by atoms with Crippen molar-refractivity contribution in [2.45, 2.75) is 26.2 Å². The van der Waals surface area contributed by atoms with Gasteiger partial charge in [0, 0.05) is 40.0 Å². The largest absolute Gasteiger partial charge is 0.494 e. The number of hydrogen-bond donors (Lipinski definition) is 0. The van der Waals surface area contributed by atoms with Gasteiger partial charge in [0.05, 0.1) is 31.5 Å². The van der Waals surface area contributed by atoms with Gasteiger partial charge in [-0.25, -0.2) is 4.98 Å². The topological polar surface area (TPSA) is 68.7 Å². The first-order chi connectivity index (χ1) is 16.5. The fourth-order valence-corrected chi connectivity index (χ4v) is 4.70. The molecule has 176 valence electrons. The van der Waals surface area contributed by atoms with E-state index in [2.05, 4.69) is 16.0 Å². The fraction of sp³-hybridized carbons (Fsp3) is 0.370. The van der Waals surface area contributed by atoms with Crippen LogP contribution < -0.4 is 9.64 Å². The predicted octanol–water partition coefficient (Wildman–Crippen LogP) is 5.83. The number of pyridine rings is 1. The molecule has 2 atom stereocenters. The highest BCUT2D eigenvalue weighted by atomic mass is 35.5. The van der Waals surface area contributed by atoms with Crippen molar-refractivity contribution in [1.82, 2.24) is 4.98 Å². The molecule has 0 saturated heterocycles. The maximum atomic E-state index is 13.1. The molecule has 3 aromatic rings. The van der Waals surface area contributed by atoms with Gasteiger partial charge in [-0.2, -0.15) is 0 Å². The second-order valence-corrected chi connectivity index (χ2v) is 9.38. The molecular weight excluding hydrogens is 452 g/mol. The van der Waals surface area contributed by atoms with E-state index in [1.807, 2.05) is 36.4 Å². The number of Topliss-reactive ketones (excluding diaryl/α,β-unsaturated/α-hetero) is 1. The zero-order chi connectivity index (χ0) is 23.8. The molecule has 1 aromatic heterocycles.